The Morgan fingerprint density at radius 3 is 2.77 bits per heavy atom. The number of aryl methyl sites for hydroxylation is 1. The molecular weight excluding hydrogens is 439 g/mol. The summed E-state index contributed by atoms with van der Waals surface area (Å²) in [5.41, 5.74) is 2.36. The third kappa shape index (κ3) is 7.02. The lowest BCUT2D eigenvalue weighted by molar-refractivity contribution is -0.0835. The van der Waals surface area contributed by atoms with Crippen LogP contribution >= 0.6 is 24.0 Å². The molecule has 0 spiro atoms. The van der Waals surface area contributed by atoms with E-state index in [4.69, 9.17) is 9.73 Å². The minimum Gasteiger partial charge on any atom is -0.377 e. The van der Waals surface area contributed by atoms with Gasteiger partial charge in [-0.25, -0.2) is 4.99 Å². The summed E-state index contributed by atoms with van der Waals surface area (Å²) in [6.45, 7) is 14.1. The maximum Gasteiger partial charge on any atom is 0.191 e. The smallest absolute Gasteiger partial charge is 0.191 e. The van der Waals surface area contributed by atoms with Crippen molar-refractivity contribution in [3.8, 4) is 0 Å². The van der Waals surface area contributed by atoms with Gasteiger partial charge in [0.2, 0.25) is 0 Å². The van der Waals surface area contributed by atoms with Crippen molar-refractivity contribution in [3.05, 3.63) is 29.6 Å². The molecule has 0 aromatic carbocycles. The summed E-state index contributed by atoms with van der Waals surface area (Å²) in [5, 5.41) is 6.85. The normalized spacial score (nSPS) is 21.0. The third-order valence-corrected chi connectivity index (χ3v) is 4.68. The second-order valence-corrected chi connectivity index (χ2v) is 7.90. The highest BCUT2D eigenvalue weighted by Crippen LogP contribution is 2.33. The van der Waals surface area contributed by atoms with Gasteiger partial charge in [-0.15, -0.1) is 24.0 Å². The first kappa shape index (κ1) is 23.1. The van der Waals surface area contributed by atoms with Gasteiger partial charge in [0.15, 0.2) is 5.96 Å². The average molecular weight is 474 g/mol. The zero-order valence-electron chi connectivity index (χ0n) is 16.8. The third-order valence-electron chi connectivity index (χ3n) is 4.68. The monoisotopic (exact) mass is 474 g/mol. The van der Waals surface area contributed by atoms with E-state index in [1.54, 1.807) is 0 Å². The Hall–Kier alpha value is -0.890. The van der Waals surface area contributed by atoms with Gasteiger partial charge in [0, 0.05) is 31.8 Å². The lowest BCUT2D eigenvalue weighted by Gasteiger charge is -2.40. The first-order valence-corrected chi connectivity index (χ1v) is 9.46. The number of halogens is 1. The minimum absolute atomic E-state index is 0. The van der Waals surface area contributed by atoms with Crippen LogP contribution in [0.25, 0.3) is 0 Å². The zero-order valence-corrected chi connectivity index (χ0v) is 19.2. The molecule has 0 radical (unpaired) electrons. The average Bonchev–Trinajstić information content (AvgIpc) is 2.58. The summed E-state index contributed by atoms with van der Waals surface area (Å²) in [5.74, 6) is 1.36. The van der Waals surface area contributed by atoms with Gasteiger partial charge in [0.1, 0.15) is 0 Å². The van der Waals surface area contributed by atoms with Crippen LogP contribution in [0.4, 0.5) is 0 Å². The second kappa shape index (κ2) is 11.1. The molecule has 0 aliphatic carbocycles. The van der Waals surface area contributed by atoms with E-state index in [9.17, 15) is 0 Å². The number of hydrogen-bond donors (Lipinski definition) is 2. The highest BCUT2D eigenvalue weighted by Gasteiger charge is 2.35. The van der Waals surface area contributed by atoms with Crippen LogP contribution in [0.15, 0.2) is 23.3 Å². The molecule has 148 valence electrons. The summed E-state index contributed by atoms with van der Waals surface area (Å²) < 4.78 is 6.08. The van der Waals surface area contributed by atoms with Gasteiger partial charge in [-0.05, 0) is 43.7 Å². The van der Waals surface area contributed by atoms with Gasteiger partial charge in [0.25, 0.3) is 0 Å². The van der Waals surface area contributed by atoms with E-state index in [0.717, 1.165) is 37.8 Å². The number of rotatable bonds is 5. The number of guanidine groups is 1. The van der Waals surface area contributed by atoms with Crippen molar-refractivity contribution in [3.63, 3.8) is 0 Å². The van der Waals surface area contributed by atoms with Crippen molar-refractivity contribution in [2.45, 2.75) is 60.1 Å². The Kier molecular flexibility index (Phi) is 9.85. The van der Waals surface area contributed by atoms with Crippen LogP contribution in [0, 0.1) is 18.3 Å². The number of nitrogens with one attached hydrogen (secondary N) is 2. The molecule has 2 heterocycles. The highest BCUT2D eigenvalue weighted by molar-refractivity contribution is 14.0. The van der Waals surface area contributed by atoms with Gasteiger partial charge < -0.3 is 15.4 Å². The Balaban J connectivity index is 0.00000338. The van der Waals surface area contributed by atoms with E-state index >= 15 is 0 Å². The van der Waals surface area contributed by atoms with E-state index in [-0.39, 0.29) is 35.5 Å². The Bertz CT molecular complexity index is 571. The molecule has 1 aliphatic rings. The topological polar surface area (TPSA) is 58.5 Å². The van der Waals surface area contributed by atoms with Crippen molar-refractivity contribution in [2.24, 2.45) is 16.3 Å². The number of pyridine rings is 1. The summed E-state index contributed by atoms with van der Waals surface area (Å²) in [6, 6.07) is 4.03. The maximum atomic E-state index is 6.08. The predicted octanol–water partition coefficient (Wildman–Crippen LogP) is 3.90. The SMILES string of the molecule is CCNC(=NCc1ncccc1C)NCC1CCCOC1C(C)(C)C.I. The first-order chi connectivity index (χ1) is 11.9. The van der Waals surface area contributed by atoms with E-state index in [2.05, 4.69) is 56.3 Å². The lowest BCUT2D eigenvalue weighted by atomic mass is 9.78. The van der Waals surface area contributed by atoms with Crippen molar-refractivity contribution in [1.82, 2.24) is 15.6 Å². The molecule has 1 saturated heterocycles. The van der Waals surface area contributed by atoms with E-state index < -0.39 is 0 Å². The number of nitrogens with zero attached hydrogens (tertiary/aromatic N) is 2. The largest absolute Gasteiger partial charge is 0.377 e. The summed E-state index contributed by atoms with van der Waals surface area (Å²) in [4.78, 5) is 9.13. The van der Waals surface area contributed by atoms with Gasteiger partial charge in [0.05, 0.1) is 18.3 Å². The Labute approximate surface area is 175 Å². The molecule has 5 nitrogen and oxygen atoms in total. The van der Waals surface area contributed by atoms with Crippen LogP contribution in [0.5, 0.6) is 0 Å². The van der Waals surface area contributed by atoms with Crippen LogP contribution in [0.2, 0.25) is 0 Å². The number of aliphatic imine (C=N–C) groups is 1. The molecule has 0 amide bonds. The summed E-state index contributed by atoms with van der Waals surface area (Å²) >= 11 is 0. The van der Waals surface area contributed by atoms with Gasteiger partial charge >= 0.3 is 0 Å². The molecule has 0 saturated carbocycles. The molecule has 2 unspecified atom stereocenters. The quantitative estimate of drug-likeness (QED) is 0.386. The number of ether oxygens (including phenoxy) is 1. The molecular formula is C20H35IN4O. The molecule has 2 N–H and O–H groups in total. The molecule has 6 heteroatoms. The predicted molar refractivity (Wildman–Crippen MR) is 119 cm³/mol. The van der Waals surface area contributed by atoms with Crippen LogP contribution in [-0.4, -0.2) is 36.7 Å². The first-order valence-electron chi connectivity index (χ1n) is 9.46. The van der Waals surface area contributed by atoms with Gasteiger partial charge in [-0.2, -0.15) is 0 Å². The molecule has 1 aliphatic heterocycles. The van der Waals surface area contributed by atoms with E-state index in [0.29, 0.717) is 12.5 Å². The van der Waals surface area contributed by atoms with E-state index in [1.807, 2.05) is 12.3 Å². The van der Waals surface area contributed by atoms with Crippen LogP contribution < -0.4 is 10.6 Å². The fraction of sp³-hybridized carbons (Fsp3) is 0.700. The lowest BCUT2D eigenvalue weighted by Crippen LogP contribution is -2.47. The van der Waals surface area contributed by atoms with Crippen molar-refractivity contribution < 1.29 is 4.74 Å². The number of aromatic nitrogens is 1. The minimum atomic E-state index is 0. The number of hydrogen-bond acceptors (Lipinski definition) is 3. The highest BCUT2D eigenvalue weighted by atomic mass is 127. The van der Waals surface area contributed by atoms with Gasteiger partial charge in [-0.3, -0.25) is 4.98 Å². The second-order valence-electron chi connectivity index (χ2n) is 7.90. The molecule has 1 aromatic rings. The van der Waals surface area contributed by atoms with E-state index in [1.165, 1.54) is 12.0 Å². The van der Waals surface area contributed by atoms with Crippen molar-refractivity contribution in [1.29, 1.82) is 0 Å². The molecule has 1 fully saturated rings. The Morgan fingerprint density at radius 2 is 2.12 bits per heavy atom. The van der Waals surface area contributed by atoms with Crippen LogP contribution in [-0.2, 0) is 11.3 Å². The fourth-order valence-electron chi connectivity index (χ4n) is 3.42. The molecule has 26 heavy (non-hydrogen) atoms. The zero-order chi connectivity index (χ0) is 18.3. The van der Waals surface area contributed by atoms with Crippen LogP contribution in [0.3, 0.4) is 0 Å². The summed E-state index contributed by atoms with van der Waals surface area (Å²) in [6.07, 6.45) is 4.45. The molecule has 1 aromatic heterocycles. The van der Waals surface area contributed by atoms with Gasteiger partial charge in [-0.1, -0.05) is 26.8 Å². The molecule has 2 atom stereocenters. The fourth-order valence-corrected chi connectivity index (χ4v) is 3.42. The van der Waals surface area contributed by atoms with Crippen LogP contribution in [0.1, 0.15) is 51.8 Å². The molecule has 0 bridgehead atoms. The van der Waals surface area contributed by atoms with Crippen molar-refractivity contribution in [2.75, 3.05) is 19.7 Å². The standard InChI is InChI=1S/C20H34N4O.HI/c1-6-21-19(24-14-17-15(2)9-7-11-22-17)23-13-16-10-8-12-25-18(16)20(3,4)5;/h7,9,11,16,18H,6,8,10,12-14H2,1-5H3,(H2,21,23,24);1H. The van der Waals surface area contributed by atoms with Crippen molar-refractivity contribution >= 4 is 29.9 Å². The Morgan fingerprint density at radius 1 is 1.35 bits per heavy atom. The molecule has 2 rings (SSSR count). The summed E-state index contributed by atoms with van der Waals surface area (Å²) in [7, 11) is 0. The maximum absolute atomic E-state index is 6.08.